The number of Topliss-reactive ketones (excluding diaryl/α,β-unsaturated/α-hetero) is 1. The summed E-state index contributed by atoms with van der Waals surface area (Å²) in [6.07, 6.45) is 1.68. The third-order valence-electron chi connectivity index (χ3n) is 5.57. The van der Waals surface area contributed by atoms with Crippen molar-refractivity contribution in [2.45, 2.75) is 11.8 Å². The lowest BCUT2D eigenvalue weighted by molar-refractivity contribution is -0.120. The van der Waals surface area contributed by atoms with Gasteiger partial charge in [0.1, 0.15) is 51.6 Å². The molecule has 5 rings (SSSR count). The van der Waals surface area contributed by atoms with E-state index in [-0.39, 0.29) is 29.6 Å². The Morgan fingerprint density at radius 2 is 1.67 bits per heavy atom. The number of para-hydroxylation sites is 1. The minimum absolute atomic E-state index is 0.0869. The number of thiazole rings is 1. The number of hydrogen-bond donors (Lipinski definition) is 0. The Labute approximate surface area is 227 Å². The van der Waals surface area contributed by atoms with Crippen molar-refractivity contribution >= 4 is 39.8 Å². The number of thioether (sulfide) groups is 1. The molecule has 3 aromatic carbocycles. The quantitative estimate of drug-likeness (QED) is 0.238. The van der Waals surface area contributed by atoms with E-state index in [4.69, 9.17) is 4.74 Å². The van der Waals surface area contributed by atoms with E-state index < -0.39 is 40.1 Å². The number of rotatable bonds is 8. The van der Waals surface area contributed by atoms with Crippen LogP contribution in [0.5, 0.6) is 5.75 Å². The van der Waals surface area contributed by atoms with Gasteiger partial charge in [-0.15, -0.1) is 11.3 Å². The van der Waals surface area contributed by atoms with Crippen LogP contribution in [0.4, 0.5) is 17.6 Å². The predicted octanol–water partition coefficient (Wildman–Crippen LogP) is 6.14. The maximum Gasteiger partial charge on any atom is 0.281 e. The Balaban J connectivity index is 1.48. The zero-order valence-electron chi connectivity index (χ0n) is 19.8. The van der Waals surface area contributed by atoms with E-state index in [0.717, 1.165) is 16.8 Å². The number of amides is 1. The highest BCUT2D eigenvalue weighted by atomic mass is 32.2. The number of carbonyl (C=O) groups is 2. The van der Waals surface area contributed by atoms with Crippen LogP contribution in [-0.4, -0.2) is 33.3 Å². The summed E-state index contributed by atoms with van der Waals surface area (Å²) in [5.41, 5.74) is -0.136. The predicted molar refractivity (Wildman–Crippen MR) is 139 cm³/mol. The van der Waals surface area contributed by atoms with E-state index in [9.17, 15) is 27.2 Å². The van der Waals surface area contributed by atoms with Crippen LogP contribution in [0.3, 0.4) is 0 Å². The van der Waals surface area contributed by atoms with E-state index in [1.165, 1.54) is 35.6 Å². The Bertz CT molecular complexity index is 1540. The standard InChI is InChI=1S/C27H17F4N3O3S2/c28-16-7-5-15(6-8-16)25-33-34(26(36)24-20(30)11-17(29)12-21(24)31)27(39-25)19-3-1-2-4-22(19)37-14-18(35)13-23-32-9-10-38-23/h1-12,27H,13-14H2. The minimum atomic E-state index is -1.39. The number of nitrogens with zero attached hydrogens (tertiary/aromatic N) is 3. The molecule has 6 nitrogen and oxygen atoms in total. The van der Waals surface area contributed by atoms with Crippen LogP contribution >= 0.6 is 23.1 Å². The molecule has 198 valence electrons. The first-order chi connectivity index (χ1) is 18.8. The van der Waals surface area contributed by atoms with Crippen molar-refractivity contribution in [3.8, 4) is 5.75 Å². The van der Waals surface area contributed by atoms with Gasteiger partial charge in [0.2, 0.25) is 0 Å². The topological polar surface area (TPSA) is 71.9 Å². The third-order valence-corrected chi connectivity index (χ3v) is 7.57. The largest absolute Gasteiger partial charge is 0.485 e. The molecule has 1 aliphatic rings. The molecular formula is C27H17F4N3O3S2. The van der Waals surface area contributed by atoms with Crippen molar-refractivity contribution in [2.75, 3.05) is 6.61 Å². The molecule has 1 atom stereocenters. The first kappa shape index (κ1) is 26.6. The molecule has 0 N–H and O–H groups in total. The molecule has 0 saturated carbocycles. The van der Waals surface area contributed by atoms with Crippen molar-refractivity contribution in [3.63, 3.8) is 0 Å². The van der Waals surface area contributed by atoms with Crippen LogP contribution in [-0.2, 0) is 11.2 Å². The molecule has 1 amide bonds. The molecule has 4 aromatic rings. The normalized spacial score (nSPS) is 14.8. The summed E-state index contributed by atoms with van der Waals surface area (Å²) in [4.78, 5) is 29.9. The second-order valence-electron chi connectivity index (χ2n) is 8.24. The van der Waals surface area contributed by atoms with Crippen LogP contribution in [0.15, 0.2) is 77.3 Å². The van der Waals surface area contributed by atoms with E-state index in [1.807, 2.05) is 0 Å². The van der Waals surface area contributed by atoms with Crippen LogP contribution in [0.1, 0.15) is 31.9 Å². The van der Waals surface area contributed by atoms with Gasteiger partial charge in [0.15, 0.2) is 5.78 Å². The molecule has 2 heterocycles. The molecular weight excluding hydrogens is 554 g/mol. The van der Waals surface area contributed by atoms with Gasteiger partial charge in [-0.25, -0.2) is 27.6 Å². The van der Waals surface area contributed by atoms with Gasteiger partial charge >= 0.3 is 0 Å². The molecule has 0 spiro atoms. The fourth-order valence-electron chi connectivity index (χ4n) is 3.79. The average molecular weight is 572 g/mol. The van der Waals surface area contributed by atoms with Crippen molar-refractivity contribution in [3.05, 3.63) is 117 Å². The number of hydrogen-bond acceptors (Lipinski definition) is 7. The summed E-state index contributed by atoms with van der Waals surface area (Å²) >= 11 is 2.40. The zero-order valence-corrected chi connectivity index (χ0v) is 21.4. The number of halogens is 4. The highest BCUT2D eigenvalue weighted by Gasteiger charge is 2.38. The molecule has 0 bridgehead atoms. The molecule has 1 aromatic heterocycles. The van der Waals surface area contributed by atoms with Gasteiger partial charge in [-0.2, -0.15) is 5.10 Å². The lowest BCUT2D eigenvalue weighted by Crippen LogP contribution is -2.28. The fraction of sp³-hybridized carbons (Fsp3) is 0.111. The number of hydrazone groups is 1. The SMILES string of the molecule is O=C(COc1ccccc1C1SC(c2ccc(F)cc2)=NN1C(=O)c1c(F)cc(F)cc1F)Cc1nccs1. The molecule has 0 aliphatic carbocycles. The van der Waals surface area contributed by atoms with Gasteiger partial charge in [-0.05, 0) is 30.3 Å². The number of ether oxygens (including phenoxy) is 1. The zero-order chi connectivity index (χ0) is 27.5. The molecule has 1 unspecified atom stereocenters. The number of benzene rings is 3. The van der Waals surface area contributed by atoms with Crippen molar-refractivity contribution in [1.29, 1.82) is 0 Å². The molecule has 0 fully saturated rings. The summed E-state index contributed by atoms with van der Waals surface area (Å²) in [6.45, 7) is -0.283. The summed E-state index contributed by atoms with van der Waals surface area (Å²) in [5.74, 6) is -5.57. The Kier molecular flexibility index (Phi) is 7.75. The van der Waals surface area contributed by atoms with Crippen LogP contribution < -0.4 is 4.74 Å². The molecule has 39 heavy (non-hydrogen) atoms. The van der Waals surface area contributed by atoms with E-state index in [2.05, 4.69) is 10.1 Å². The summed E-state index contributed by atoms with van der Waals surface area (Å²) in [6, 6.07) is 12.7. The lowest BCUT2D eigenvalue weighted by Gasteiger charge is -2.23. The number of ketones is 1. The smallest absolute Gasteiger partial charge is 0.281 e. The van der Waals surface area contributed by atoms with E-state index >= 15 is 0 Å². The van der Waals surface area contributed by atoms with Gasteiger partial charge in [-0.1, -0.05) is 30.0 Å². The van der Waals surface area contributed by atoms with E-state index in [1.54, 1.807) is 35.8 Å². The van der Waals surface area contributed by atoms with Crippen LogP contribution in [0.25, 0.3) is 0 Å². The van der Waals surface area contributed by atoms with Crippen molar-refractivity contribution < 1.29 is 31.9 Å². The number of aromatic nitrogens is 1. The molecule has 0 saturated heterocycles. The van der Waals surface area contributed by atoms with Gasteiger partial charge in [-0.3, -0.25) is 9.59 Å². The maximum absolute atomic E-state index is 14.6. The number of carbonyl (C=O) groups excluding carboxylic acids is 2. The Hall–Kier alpha value is -4.03. The highest BCUT2D eigenvalue weighted by molar-refractivity contribution is 8.14. The summed E-state index contributed by atoms with van der Waals surface area (Å²) in [7, 11) is 0. The lowest BCUT2D eigenvalue weighted by atomic mass is 10.1. The van der Waals surface area contributed by atoms with Crippen LogP contribution in [0, 0.1) is 23.3 Å². The maximum atomic E-state index is 14.6. The molecule has 0 radical (unpaired) electrons. The monoisotopic (exact) mass is 571 g/mol. The van der Waals surface area contributed by atoms with Crippen molar-refractivity contribution in [2.24, 2.45) is 5.10 Å². The van der Waals surface area contributed by atoms with Gasteiger partial charge < -0.3 is 4.74 Å². The van der Waals surface area contributed by atoms with E-state index in [0.29, 0.717) is 28.3 Å². The first-order valence-corrected chi connectivity index (χ1v) is 13.2. The second kappa shape index (κ2) is 11.4. The first-order valence-electron chi connectivity index (χ1n) is 11.4. The summed E-state index contributed by atoms with van der Waals surface area (Å²) < 4.78 is 61.9. The van der Waals surface area contributed by atoms with Gasteiger partial charge in [0, 0.05) is 34.8 Å². The van der Waals surface area contributed by atoms with Gasteiger partial charge in [0.25, 0.3) is 5.91 Å². The Morgan fingerprint density at radius 1 is 0.949 bits per heavy atom. The second-order valence-corrected chi connectivity index (χ2v) is 10.3. The van der Waals surface area contributed by atoms with Crippen molar-refractivity contribution in [1.82, 2.24) is 9.99 Å². The Morgan fingerprint density at radius 3 is 2.36 bits per heavy atom. The minimum Gasteiger partial charge on any atom is -0.485 e. The third kappa shape index (κ3) is 5.86. The van der Waals surface area contributed by atoms with Gasteiger partial charge in [0.05, 0.1) is 11.4 Å². The highest BCUT2D eigenvalue weighted by Crippen LogP contribution is 2.45. The average Bonchev–Trinajstić information content (AvgIpc) is 3.58. The fourth-order valence-corrected chi connectivity index (χ4v) is 5.62. The van der Waals surface area contributed by atoms with Crippen LogP contribution in [0.2, 0.25) is 0 Å². The summed E-state index contributed by atoms with van der Waals surface area (Å²) in [5, 5.41) is 6.85. The molecule has 1 aliphatic heterocycles. The molecule has 12 heteroatoms.